The molecular formula is C12H19NO3S. The third kappa shape index (κ3) is 3.68. The predicted octanol–water partition coefficient (Wildman–Crippen LogP) is 1.65. The fourth-order valence-corrected chi connectivity index (χ4v) is 3.28. The number of nitrogens with zero attached hydrogens (tertiary/aromatic N) is 1. The van der Waals surface area contributed by atoms with Gasteiger partial charge in [0.15, 0.2) is 0 Å². The van der Waals surface area contributed by atoms with Crippen LogP contribution in [-0.2, 0) is 14.8 Å². The summed E-state index contributed by atoms with van der Waals surface area (Å²) >= 11 is 0. The highest BCUT2D eigenvalue weighted by atomic mass is 32.2. The first-order valence-corrected chi connectivity index (χ1v) is 7.71. The highest BCUT2D eigenvalue weighted by Crippen LogP contribution is 2.21. The van der Waals surface area contributed by atoms with Crippen molar-refractivity contribution in [1.29, 1.82) is 0 Å². The second-order valence-corrected chi connectivity index (χ2v) is 6.26. The molecule has 0 atom stereocenters. The van der Waals surface area contributed by atoms with Crippen molar-refractivity contribution in [2.45, 2.75) is 32.1 Å². The molecule has 2 fully saturated rings. The smallest absolute Gasteiger partial charge is 0.243 e. The van der Waals surface area contributed by atoms with Gasteiger partial charge < -0.3 is 4.74 Å². The fraction of sp³-hybridized carbons (Fsp3) is 0.750. The second kappa shape index (κ2) is 5.83. The van der Waals surface area contributed by atoms with Crippen LogP contribution in [-0.4, -0.2) is 39.0 Å². The van der Waals surface area contributed by atoms with Gasteiger partial charge >= 0.3 is 0 Å². The molecule has 1 aliphatic carbocycles. The van der Waals surface area contributed by atoms with Crippen LogP contribution in [0.15, 0.2) is 16.7 Å². The molecule has 2 rings (SSSR count). The zero-order valence-corrected chi connectivity index (χ0v) is 10.8. The molecular weight excluding hydrogens is 238 g/mol. The van der Waals surface area contributed by atoms with Crippen LogP contribution >= 0.6 is 0 Å². The SMILES string of the molecule is O=S(=O)(C=C=C1CCCCC1)N1CCOCC1. The Balaban J connectivity index is 2.07. The Morgan fingerprint density at radius 2 is 1.76 bits per heavy atom. The summed E-state index contributed by atoms with van der Waals surface area (Å²) in [4.78, 5) is 0. The highest BCUT2D eigenvalue weighted by Gasteiger charge is 2.21. The van der Waals surface area contributed by atoms with Crippen LogP contribution in [0.3, 0.4) is 0 Å². The van der Waals surface area contributed by atoms with Gasteiger partial charge in [-0.2, -0.15) is 4.31 Å². The van der Waals surface area contributed by atoms with Crippen LogP contribution < -0.4 is 0 Å². The molecule has 0 unspecified atom stereocenters. The summed E-state index contributed by atoms with van der Waals surface area (Å²) < 4.78 is 30.5. The van der Waals surface area contributed by atoms with Crippen LogP contribution in [0.5, 0.6) is 0 Å². The number of hydrogen-bond donors (Lipinski definition) is 0. The van der Waals surface area contributed by atoms with E-state index in [0.717, 1.165) is 31.3 Å². The Labute approximate surface area is 103 Å². The van der Waals surface area contributed by atoms with Crippen LogP contribution in [0.4, 0.5) is 0 Å². The molecule has 0 radical (unpaired) electrons. The van der Waals surface area contributed by atoms with Crippen molar-refractivity contribution in [3.05, 3.63) is 16.7 Å². The van der Waals surface area contributed by atoms with Gasteiger partial charge in [0, 0.05) is 13.1 Å². The largest absolute Gasteiger partial charge is 0.379 e. The molecule has 0 spiro atoms. The van der Waals surface area contributed by atoms with Crippen molar-refractivity contribution in [3.63, 3.8) is 0 Å². The number of morpholine rings is 1. The van der Waals surface area contributed by atoms with E-state index in [1.54, 1.807) is 0 Å². The van der Waals surface area contributed by atoms with Gasteiger partial charge in [0.1, 0.15) is 0 Å². The molecule has 0 N–H and O–H groups in total. The van der Waals surface area contributed by atoms with Crippen molar-refractivity contribution < 1.29 is 13.2 Å². The minimum Gasteiger partial charge on any atom is -0.379 e. The third-order valence-electron chi connectivity index (χ3n) is 3.20. The van der Waals surface area contributed by atoms with Gasteiger partial charge in [0.25, 0.3) is 0 Å². The molecule has 4 nitrogen and oxygen atoms in total. The number of ether oxygens (including phenoxy) is 1. The summed E-state index contributed by atoms with van der Waals surface area (Å²) in [5.74, 6) is 0. The molecule has 0 amide bonds. The van der Waals surface area contributed by atoms with Crippen molar-refractivity contribution in [2.24, 2.45) is 0 Å². The Morgan fingerprint density at radius 1 is 1.12 bits per heavy atom. The van der Waals surface area contributed by atoms with Gasteiger partial charge in [0.05, 0.1) is 18.6 Å². The van der Waals surface area contributed by atoms with Crippen molar-refractivity contribution in [3.8, 4) is 0 Å². The third-order valence-corrected chi connectivity index (χ3v) is 4.70. The zero-order chi connectivity index (χ0) is 12.1. The van der Waals surface area contributed by atoms with E-state index in [-0.39, 0.29) is 0 Å². The van der Waals surface area contributed by atoms with Gasteiger partial charge in [-0.25, -0.2) is 8.42 Å². The maximum absolute atomic E-state index is 12.0. The van der Waals surface area contributed by atoms with E-state index in [0.29, 0.717) is 26.3 Å². The monoisotopic (exact) mass is 257 g/mol. The van der Waals surface area contributed by atoms with Crippen LogP contribution in [0.1, 0.15) is 32.1 Å². The summed E-state index contributed by atoms with van der Waals surface area (Å²) in [6, 6.07) is 0. The van der Waals surface area contributed by atoms with Crippen molar-refractivity contribution >= 4 is 10.0 Å². The van der Waals surface area contributed by atoms with Gasteiger partial charge in [-0.15, -0.1) is 5.73 Å². The molecule has 0 aromatic carbocycles. The normalized spacial score (nSPS) is 23.2. The summed E-state index contributed by atoms with van der Waals surface area (Å²) in [6.45, 7) is 1.89. The average molecular weight is 257 g/mol. The van der Waals surface area contributed by atoms with E-state index < -0.39 is 10.0 Å². The van der Waals surface area contributed by atoms with Gasteiger partial charge in [-0.05, 0) is 31.3 Å². The standard InChI is InChI=1S/C12H19NO3S/c14-17(15,13-7-9-16-10-8-13)11-6-12-4-2-1-3-5-12/h11H,1-5,7-10H2. The highest BCUT2D eigenvalue weighted by molar-refractivity contribution is 7.92. The second-order valence-electron chi connectivity index (χ2n) is 4.48. The quantitative estimate of drug-likeness (QED) is 0.707. The molecule has 1 saturated heterocycles. The molecule has 1 heterocycles. The fourth-order valence-electron chi connectivity index (χ4n) is 2.16. The summed E-state index contributed by atoms with van der Waals surface area (Å²) in [6.07, 6.45) is 5.56. The van der Waals surface area contributed by atoms with E-state index in [9.17, 15) is 8.42 Å². The molecule has 2 aliphatic rings. The first-order valence-electron chi connectivity index (χ1n) is 6.21. The zero-order valence-electron chi connectivity index (χ0n) is 10.0. The lowest BCUT2D eigenvalue weighted by molar-refractivity contribution is 0.0735. The lowest BCUT2D eigenvalue weighted by Gasteiger charge is -2.24. The molecule has 0 aromatic rings. The van der Waals surface area contributed by atoms with E-state index in [4.69, 9.17) is 4.74 Å². The van der Waals surface area contributed by atoms with Crippen LogP contribution in [0.25, 0.3) is 0 Å². The number of allylic oxidation sites excluding steroid dienone is 1. The van der Waals surface area contributed by atoms with Gasteiger partial charge in [-0.1, -0.05) is 6.42 Å². The average Bonchev–Trinajstić information content (AvgIpc) is 2.39. The Hall–Kier alpha value is -0.610. The molecule has 1 aliphatic heterocycles. The maximum atomic E-state index is 12.0. The summed E-state index contributed by atoms with van der Waals surface area (Å²) in [5, 5.41) is 1.25. The van der Waals surface area contributed by atoms with Gasteiger partial charge in [0.2, 0.25) is 10.0 Å². The molecule has 0 aromatic heterocycles. The predicted molar refractivity (Wildman–Crippen MR) is 66.0 cm³/mol. The Kier molecular flexibility index (Phi) is 4.40. The molecule has 1 saturated carbocycles. The minimum atomic E-state index is -3.29. The molecule has 96 valence electrons. The van der Waals surface area contributed by atoms with E-state index >= 15 is 0 Å². The number of hydrogen-bond acceptors (Lipinski definition) is 3. The first-order chi connectivity index (χ1) is 8.18. The van der Waals surface area contributed by atoms with Crippen molar-refractivity contribution in [2.75, 3.05) is 26.3 Å². The number of sulfonamides is 1. The minimum absolute atomic E-state index is 0.454. The summed E-state index contributed by atoms with van der Waals surface area (Å²) in [5.41, 5.74) is 4.13. The molecule has 5 heteroatoms. The Morgan fingerprint density at radius 3 is 2.41 bits per heavy atom. The maximum Gasteiger partial charge on any atom is 0.243 e. The molecule has 0 bridgehead atoms. The van der Waals surface area contributed by atoms with Crippen LogP contribution in [0.2, 0.25) is 0 Å². The van der Waals surface area contributed by atoms with E-state index in [1.165, 1.54) is 16.1 Å². The van der Waals surface area contributed by atoms with Crippen molar-refractivity contribution in [1.82, 2.24) is 4.31 Å². The summed E-state index contributed by atoms with van der Waals surface area (Å²) in [7, 11) is -3.29. The topological polar surface area (TPSA) is 46.6 Å². The van der Waals surface area contributed by atoms with Gasteiger partial charge in [-0.3, -0.25) is 0 Å². The lowest BCUT2D eigenvalue weighted by atomic mass is 9.96. The van der Waals surface area contributed by atoms with E-state index in [2.05, 4.69) is 5.73 Å². The Bertz CT molecular complexity index is 407. The van der Waals surface area contributed by atoms with Crippen LogP contribution in [0, 0.1) is 0 Å². The van der Waals surface area contributed by atoms with E-state index in [1.807, 2.05) is 0 Å². The first kappa shape index (κ1) is 12.8. The lowest BCUT2D eigenvalue weighted by Crippen LogP contribution is -2.39. The number of rotatable bonds is 2. The molecule has 17 heavy (non-hydrogen) atoms.